The molecule has 0 radical (unpaired) electrons. The molecule has 1 unspecified atom stereocenters. The van der Waals surface area contributed by atoms with Crippen LogP contribution in [-0.2, 0) is 14.3 Å². The number of anilines is 1. The van der Waals surface area contributed by atoms with Crippen molar-refractivity contribution in [2.75, 3.05) is 11.9 Å². The van der Waals surface area contributed by atoms with E-state index in [2.05, 4.69) is 5.32 Å². The van der Waals surface area contributed by atoms with Gasteiger partial charge in [0.1, 0.15) is 11.7 Å². The van der Waals surface area contributed by atoms with E-state index in [1.807, 2.05) is 26.0 Å². The van der Waals surface area contributed by atoms with E-state index in [0.717, 1.165) is 23.8 Å². The molecule has 7 heteroatoms. The number of carbonyl (C=O) groups is 2. The third kappa shape index (κ3) is 4.25. The zero-order valence-corrected chi connectivity index (χ0v) is 17.1. The maximum atomic E-state index is 12.4. The fraction of sp³-hybridized carbons (Fsp3) is 0.435. The minimum atomic E-state index is -0.575. The smallest absolute Gasteiger partial charge is 0.412 e. The maximum Gasteiger partial charge on any atom is 0.412 e. The van der Waals surface area contributed by atoms with E-state index in [1.54, 1.807) is 18.2 Å². The predicted octanol–water partition coefficient (Wildman–Crippen LogP) is 4.18. The lowest BCUT2D eigenvalue weighted by atomic mass is 10.0. The average molecular weight is 411 g/mol. The number of fused-ring (bicyclic) bond motifs is 2. The van der Waals surface area contributed by atoms with Crippen LogP contribution in [0.1, 0.15) is 31.7 Å². The molecule has 2 aliphatic rings. The van der Waals surface area contributed by atoms with E-state index >= 15 is 0 Å². The van der Waals surface area contributed by atoms with Crippen molar-refractivity contribution in [1.82, 2.24) is 0 Å². The van der Waals surface area contributed by atoms with Gasteiger partial charge in [-0.2, -0.15) is 0 Å². The highest BCUT2D eigenvalue weighted by Crippen LogP contribution is 2.53. The molecule has 1 saturated carbocycles. The van der Waals surface area contributed by atoms with Crippen LogP contribution in [0.2, 0.25) is 0 Å². The number of nitrogens with one attached hydrogen (secondary N) is 1. The standard InChI is InChI=1S/C23H25NO6/c1-3-28-22(26)21-17-6-4-5-15(8-10-18(17)21)29-23(27)24-14-7-9-16-13(2)11-20(25)30-19(16)12-14/h4-5,7,9,11-12,15,17-18,21H,3,6,8,10H2,1-2H3,(H,24,27)/b5-4-/t15?,17-,18+,21+/m0/s1. The first kappa shape index (κ1) is 20.2. The molecule has 1 heterocycles. The molecule has 158 valence electrons. The van der Waals surface area contributed by atoms with Gasteiger partial charge in [0.05, 0.1) is 12.5 Å². The van der Waals surface area contributed by atoms with Gasteiger partial charge in [-0.25, -0.2) is 9.59 Å². The van der Waals surface area contributed by atoms with Gasteiger partial charge in [-0.3, -0.25) is 10.1 Å². The first-order valence-electron chi connectivity index (χ1n) is 10.3. The van der Waals surface area contributed by atoms with Crippen LogP contribution in [0.3, 0.4) is 0 Å². The van der Waals surface area contributed by atoms with Gasteiger partial charge in [0.15, 0.2) is 0 Å². The SMILES string of the molecule is CCOC(=O)[C@H]1[C@@H]2CCC(OC(=O)Nc3ccc4c(C)cc(=O)oc4c3)/C=C\C[C@@H]21. The lowest BCUT2D eigenvalue weighted by Gasteiger charge is -2.16. The second kappa shape index (κ2) is 8.34. The number of rotatable bonds is 4. The van der Waals surface area contributed by atoms with Crippen molar-refractivity contribution in [3.63, 3.8) is 0 Å². The van der Waals surface area contributed by atoms with Crippen LogP contribution in [0.4, 0.5) is 10.5 Å². The van der Waals surface area contributed by atoms with Crippen LogP contribution >= 0.6 is 0 Å². The zero-order chi connectivity index (χ0) is 21.3. The summed E-state index contributed by atoms with van der Waals surface area (Å²) >= 11 is 0. The van der Waals surface area contributed by atoms with Crippen molar-refractivity contribution in [2.24, 2.45) is 17.8 Å². The predicted molar refractivity (Wildman–Crippen MR) is 111 cm³/mol. The molecule has 0 aliphatic heterocycles. The highest BCUT2D eigenvalue weighted by atomic mass is 16.6. The van der Waals surface area contributed by atoms with E-state index in [4.69, 9.17) is 13.9 Å². The first-order chi connectivity index (χ1) is 14.5. The quantitative estimate of drug-likeness (QED) is 0.461. The number of hydrogen-bond donors (Lipinski definition) is 1. The summed E-state index contributed by atoms with van der Waals surface area (Å²) in [7, 11) is 0. The van der Waals surface area contributed by atoms with Crippen LogP contribution in [0.25, 0.3) is 11.0 Å². The van der Waals surface area contributed by atoms with Gasteiger partial charge in [0.25, 0.3) is 0 Å². The minimum absolute atomic E-state index is 0.0297. The Hall–Kier alpha value is -3.09. The summed E-state index contributed by atoms with van der Waals surface area (Å²) in [5, 5.41) is 3.50. The lowest BCUT2D eigenvalue weighted by molar-refractivity contribution is -0.145. The summed E-state index contributed by atoms with van der Waals surface area (Å²) in [5.74, 6) is 0.495. The molecule has 0 saturated heterocycles. The molecule has 4 rings (SSSR count). The van der Waals surface area contributed by atoms with E-state index in [-0.39, 0.29) is 18.0 Å². The molecule has 1 N–H and O–H groups in total. The lowest BCUT2D eigenvalue weighted by Crippen LogP contribution is -2.21. The Balaban J connectivity index is 1.36. The van der Waals surface area contributed by atoms with Crippen LogP contribution in [0, 0.1) is 24.7 Å². The minimum Gasteiger partial charge on any atom is -0.466 e. The molecule has 4 atom stereocenters. The van der Waals surface area contributed by atoms with Crippen molar-refractivity contribution < 1.29 is 23.5 Å². The van der Waals surface area contributed by atoms with Gasteiger partial charge in [0, 0.05) is 23.2 Å². The Labute approximate surface area is 174 Å². The normalized spacial score (nSPS) is 26.1. The summed E-state index contributed by atoms with van der Waals surface area (Å²) in [6.45, 7) is 4.04. The molecule has 1 aromatic carbocycles. The topological polar surface area (TPSA) is 94.8 Å². The van der Waals surface area contributed by atoms with Gasteiger partial charge >= 0.3 is 17.7 Å². The molecule has 2 aliphatic carbocycles. The molecule has 1 fully saturated rings. The number of carbonyl (C=O) groups excluding carboxylic acids is 2. The highest BCUT2D eigenvalue weighted by Gasteiger charge is 2.54. The zero-order valence-electron chi connectivity index (χ0n) is 17.1. The number of aryl methyl sites for hydroxylation is 1. The Morgan fingerprint density at radius 3 is 2.83 bits per heavy atom. The number of amides is 1. The van der Waals surface area contributed by atoms with E-state index in [0.29, 0.717) is 36.1 Å². The first-order valence-corrected chi connectivity index (χ1v) is 10.3. The summed E-state index contributed by atoms with van der Waals surface area (Å²) < 4.78 is 15.9. The van der Waals surface area contributed by atoms with Crippen molar-refractivity contribution in [3.05, 3.63) is 52.4 Å². The van der Waals surface area contributed by atoms with Crippen LogP contribution in [0.15, 0.2) is 45.6 Å². The monoisotopic (exact) mass is 411 g/mol. The Bertz CT molecular complexity index is 1060. The molecule has 7 nitrogen and oxygen atoms in total. The number of hydrogen-bond acceptors (Lipinski definition) is 6. The third-order valence-electron chi connectivity index (χ3n) is 5.89. The van der Waals surface area contributed by atoms with E-state index in [9.17, 15) is 14.4 Å². The second-order valence-electron chi connectivity index (χ2n) is 7.87. The molecular formula is C23H25NO6. The van der Waals surface area contributed by atoms with Crippen LogP contribution < -0.4 is 10.9 Å². The summed E-state index contributed by atoms with van der Waals surface area (Å²) in [5.41, 5.74) is 1.28. The summed E-state index contributed by atoms with van der Waals surface area (Å²) in [4.78, 5) is 36.0. The Morgan fingerprint density at radius 1 is 1.20 bits per heavy atom. The molecule has 30 heavy (non-hydrogen) atoms. The molecule has 0 spiro atoms. The molecule has 1 aromatic heterocycles. The Kier molecular flexibility index (Phi) is 5.61. The van der Waals surface area contributed by atoms with Gasteiger partial charge in [-0.15, -0.1) is 0 Å². The fourth-order valence-corrected chi connectivity index (χ4v) is 4.37. The van der Waals surface area contributed by atoms with Gasteiger partial charge in [-0.1, -0.05) is 6.08 Å². The molecular weight excluding hydrogens is 386 g/mol. The van der Waals surface area contributed by atoms with Crippen molar-refractivity contribution in [3.8, 4) is 0 Å². The van der Waals surface area contributed by atoms with Crippen molar-refractivity contribution in [1.29, 1.82) is 0 Å². The summed E-state index contributed by atoms with van der Waals surface area (Å²) in [6, 6.07) is 6.57. The fourth-order valence-electron chi connectivity index (χ4n) is 4.37. The number of esters is 1. The van der Waals surface area contributed by atoms with Crippen molar-refractivity contribution in [2.45, 2.75) is 39.2 Å². The molecule has 0 bridgehead atoms. The molecule has 2 aromatic rings. The van der Waals surface area contributed by atoms with Crippen LogP contribution in [-0.4, -0.2) is 24.8 Å². The average Bonchev–Trinajstić information content (AvgIpc) is 3.35. The highest BCUT2D eigenvalue weighted by molar-refractivity contribution is 5.90. The number of ether oxygens (including phenoxy) is 2. The van der Waals surface area contributed by atoms with Crippen molar-refractivity contribution >= 4 is 28.7 Å². The Morgan fingerprint density at radius 2 is 2.03 bits per heavy atom. The van der Waals surface area contributed by atoms with E-state index < -0.39 is 11.7 Å². The maximum absolute atomic E-state index is 12.4. The van der Waals surface area contributed by atoms with Gasteiger partial charge < -0.3 is 13.9 Å². The van der Waals surface area contributed by atoms with Gasteiger partial charge in [-0.05, 0) is 68.7 Å². The molecule has 1 amide bonds. The van der Waals surface area contributed by atoms with Gasteiger partial charge in [0.2, 0.25) is 0 Å². The van der Waals surface area contributed by atoms with Crippen LogP contribution in [0.5, 0.6) is 0 Å². The van der Waals surface area contributed by atoms with E-state index in [1.165, 1.54) is 6.07 Å². The summed E-state index contributed by atoms with van der Waals surface area (Å²) in [6.07, 6.45) is 5.21. The number of benzene rings is 1. The largest absolute Gasteiger partial charge is 0.466 e. The number of allylic oxidation sites excluding steroid dienone is 1. The third-order valence-corrected chi connectivity index (χ3v) is 5.89. The second-order valence-corrected chi connectivity index (χ2v) is 7.87.